The number of ether oxygens (including phenoxy) is 3. The highest BCUT2D eigenvalue weighted by Crippen LogP contribution is 2.46. The second-order valence-electron chi connectivity index (χ2n) is 11.6. The maximum absolute atomic E-state index is 13.7. The summed E-state index contributed by atoms with van der Waals surface area (Å²) in [7, 11) is 0. The maximum atomic E-state index is 13.7. The zero-order chi connectivity index (χ0) is 29.1. The summed E-state index contributed by atoms with van der Waals surface area (Å²) in [5.74, 6) is -3.16. The van der Waals surface area contributed by atoms with Gasteiger partial charge in [0.2, 0.25) is 0 Å². The van der Waals surface area contributed by atoms with Crippen LogP contribution in [-0.2, 0) is 28.6 Å². The lowest BCUT2D eigenvalue weighted by molar-refractivity contribution is -0.154. The normalized spacial score (nSPS) is 31.0. The molecule has 0 saturated heterocycles. The Labute approximate surface area is 230 Å². The van der Waals surface area contributed by atoms with Gasteiger partial charge in [0.05, 0.1) is 11.5 Å². The Balaban J connectivity index is 2.16. The largest absolute Gasteiger partial charge is 0.462 e. The van der Waals surface area contributed by atoms with Crippen molar-refractivity contribution in [3.63, 3.8) is 0 Å². The van der Waals surface area contributed by atoms with Crippen molar-refractivity contribution in [3.05, 3.63) is 59.2 Å². The highest BCUT2D eigenvalue weighted by molar-refractivity contribution is 6.02. The average Bonchev–Trinajstić information content (AvgIpc) is 3.09. The lowest BCUT2D eigenvalue weighted by atomic mass is 9.76. The van der Waals surface area contributed by atoms with E-state index < -0.39 is 58.9 Å². The van der Waals surface area contributed by atoms with Crippen LogP contribution >= 0.6 is 0 Å². The van der Waals surface area contributed by atoms with Gasteiger partial charge < -0.3 is 19.3 Å². The summed E-state index contributed by atoms with van der Waals surface area (Å²) in [6.07, 6.45) is 1.81. The summed E-state index contributed by atoms with van der Waals surface area (Å²) in [5.41, 5.74) is -1.15. The van der Waals surface area contributed by atoms with Gasteiger partial charge in [-0.25, -0.2) is 4.79 Å². The van der Waals surface area contributed by atoms with E-state index in [4.69, 9.17) is 14.2 Å². The first-order valence-corrected chi connectivity index (χ1v) is 13.4. The summed E-state index contributed by atoms with van der Waals surface area (Å²) >= 11 is 0. The van der Waals surface area contributed by atoms with Gasteiger partial charge in [-0.3, -0.25) is 14.4 Å². The number of Topliss-reactive ketones (excluding diaryl/α,β-unsaturated/α-hetero) is 1. The Morgan fingerprint density at radius 1 is 0.974 bits per heavy atom. The summed E-state index contributed by atoms with van der Waals surface area (Å²) < 4.78 is 17.3. The van der Waals surface area contributed by atoms with E-state index in [2.05, 4.69) is 0 Å². The van der Waals surface area contributed by atoms with Gasteiger partial charge in [0.1, 0.15) is 23.9 Å². The monoisotopic (exact) mass is 540 g/mol. The van der Waals surface area contributed by atoms with Crippen molar-refractivity contribution in [2.75, 3.05) is 0 Å². The molecule has 1 aromatic rings. The first kappa shape index (κ1) is 30.3. The lowest BCUT2D eigenvalue weighted by Crippen LogP contribution is -2.46. The molecule has 0 spiro atoms. The third-order valence-corrected chi connectivity index (χ3v) is 7.90. The first-order valence-electron chi connectivity index (χ1n) is 13.4. The zero-order valence-corrected chi connectivity index (χ0v) is 23.9. The maximum Gasteiger partial charge on any atom is 0.338 e. The van der Waals surface area contributed by atoms with Crippen molar-refractivity contribution in [1.82, 2.24) is 0 Å². The van der Waals surface area contributed by atoms with E-state index in [9.17, 15) is 24.3 Å². The molecule has 8 heteroatoms. The molecule has 2 aliphatic rings. The second-order valence-corrected chi connectivity index (χ2v) is 11.6. The first-order chi connectivity index (χ1) is 18.2. The summed E-state index contributed by atoms with van der Waals surface area (Å²) in [6, 6.07) is 8.54. The molecule has 0 bridgehead atoms. The molecule has 1 N–H and O–H groups in total. The van der Waals surface area contributed by atoms with Crippen LogP contribution in [-0.4, -0.2) is 52.7 Å². The topological polar surface area (TPSA) is 116 Å². The Hall–Kier alpha value is -3.26. The Morgan fingerprint density at radius 3 is 2.18 bits per heavy atom. The lowest BCUT2D eigenvalue weighted by Gasteiger charge is -2.37. The van der Waals surface area contributed by atoms with Crippen molar-refractivity contribution in [3.8, 4) is 0 Å². The highest BCUT2D eigenvalue weighted by Gasteiger charge is 2.56. The minimum absolute atomic E-state index is 0.108. The van der Waals surface area contributed by atoms with Crippen LogP contribution in [0, 0.1) is 17.3 Å². The third kappa shape index (κ3) is 6.85. The minimum atomic E-state index is -1.81. The smallest absolute Gasteiger partial charge is 0.338 e. The van der Waals surface area contributed by atoms with Crippen molar-refractivity contribution in [1.29, 1.82) is 0 Å². The number of esters is 3. The molecule has 0 aromatic heterocycles. The second kappa shape index (κ2) is 11.9. The fraction of sp³-hybridized carbons (Fsp3) is 0.548. The number of aliphatic hydroxyl groups is 1. The predicted molar refractivity (Wildman–Crippen MR) is 145 cm³/mol. The number of carbonyl (C=O) groups excluding carboxylic acids is 4. The van der Waals surface area contributed by atoms with E-state index in [0.717, 1.165) is 0 Å². The molecular formula is C31H40O8. The molecule has 1 saturated carbocycles. The van der Waals surface area contributed by atoms with E-state index >= 15 is 0 Å². The molecule has 6 atom stereocenters. The van der Waals surface area contributed by atoms with Gasteiger partial charge in [-0.05, 0) is 55.9 Å². The van der Waals surface area contributed by atoms with E-state index in [1.54, 1.807) is 56.3 Å². The molecule has 1 fully saturated rings. The van der Waals surface area contributed by atoms with Crippen LogP contribution in [0.15, 0.2) is 53.6 Å². The van der Waals surface area contributed by atoms with Gasteiger partial charge in [0, 0.05) is 25.7 Å². The molecule has 2 aliphatic carbocycles. The fourth-order valence-electron chi connectivity index (χ4n) is 5.62. The number of allylic oxidation sites excluding steroid dienone is 1. The van der Waals surface area contributed by atoms with Crippen molar-refractivity contribution in [2.45, 2.75) is 91.6 Å². The van der Waals surface area contributed by atoms with E-state index in [-0.39, 0.29) is 18.8 Å². The van der Waals surface area contributed by atoms with Crippen LogP contribution in [0.2, 0.25) is 0 Å². The number of hydrogen-bond acceptors (Lipinski definition) is 8. The molecule has 3 rings (SSSR count). The molecule has 0 aliphatic heterocycles. The molecule has 1 aromatic carbocycles. The van der Waals surface area contributed by atoms with Crippen LogP contribution < -0.4 is 0 Å². The number of rotatable bonds is 4. The standard InChI is InChI=1S/C31H40O8/c1-18-13-14-30(6,7)26(37-21(4)32)16-25(39-29(35)23-11-9-8-10-12-23)19(2)15-24-27(38-22(5)33)20(3)17-31(24,36)28(18)34/h8-13,15,20,24-27,36H,14,16-17H2,1-7H3. The number of ketones is 1. The van der Waals surface area contributed by atoms with Crippen molar-refractivity contribution < 1.29 is 38.5 Å². The van der Waals surface area contributed by atoms with E-state index in [0.29, 0.717) is 23.1 Å². The van der Waals surface area contributed by atoms with Crippen LogP contribution in [0.3, 0.4) is 0 Å². The Kier molecular flexibility index (Phi) is 9.21. The van der Waals surface area contributed by atoms with Crippen molar-refractivity contribution >= 4 is 23.7 Å². The zero-order valence-electron chi connectivity index (χ0n) is 23.9. The molecule has 0 heterocycles. The minimum Gasteiger partial charge on any atom is -0.462 e. The molecular weight excluding hydrogens is 500 g/mol. The third-order valence-electron chi connectivity index (χ3n) is 7.90. The van der Waals surface area contributed by atoms with Gasteiger partial charge in [0.15, 0.2) is 5.78 Å². The molecule has 0 radical (unpaired) electrons. The molecule has 39 heavy (non-hydrogen) atoms. The van der Waals surface area contributed by atoms with Crippen molar-refractivity contribution in [2.24, 2.45) is 17.3 Å². The SMILES string of the molecule is CC(=O)OC1C(C)CC2(O)C(=O)C(C)=CCC(C)(C)C(OC(C)=O)CC(OC(=O)c3ccccc3)C(C)=CC12. The predicted octanol–water partition coefficient (Wildman–Crippen LogP) is 4.74. The van der Waals surface area contributed by atoms with Crippen LogP contribution in [0.5, 0.6) is 0 Å². The van der Waals surface area contributed by atoms with E-state index in [1.807, 2.05) is 20.8 Å². The number of benzene rings is 1. The number of hydrogen-bond donors (Lipinski definition) is 1. The summed E-state index contributed by atoms with van der Waals surface area (Å²) in [4.78, 5) is 50.9. The van der Waals surface area contributed by atoms with Crippen LogP contribution in [0.25, 0.3) is 0 Å². The van der Waals surface area contributed by atoms with E-state index in [1.165, 1.54) is 13.8 Å². The van der Waals surface area contributed by atoms with Gasteiger partial charge in [-0.2, -0.15) is 0 Å². The van der Waals surface area contributed by atoms with Crippen LogP contribution in [0.4, 0.5) is 0 Å². The quantitative estimate of drug-likeness (QED) is 0.331. The molecule has 8 nitrogen and oxygen atoms in total. The molecule has 6 unspecified atom stereocenters. The number of carbonyl (C=O) groups is 4. The average molecular weight is 541 g/mol. The Morgan fingerprint density at radius 2 is 1.59 bits per heavy atom. The van der Waals surface area contributed by atoms with Gasteiger partial charge in [0.25, 0.3) is 0 Å². The van der Waals surface area contributed by atoms with Gasteiger partial charge in [-0.15, -0.1) is 0 Å². The highest BCUT2D eigenvalue weighted by atomic mass is 16.6. The Bertz CT molecular complexity index is 1160. The summed E-state index contributed by atoms with van der Waals surface area (Å²) in [6.45, 7) is 11.7. The van der Waals surface area contributed by atoms with Gasteiger partial charge >= 0.3 is 17.9 Å². The van der Waals surface area contributed by atoms with Crippen LogP contribution in [0.1, 0.15) is 78.1 Å². The summed E-state index contributed by atoms with van der Waals surface area (Å²) in [5, 5.41) is 11.8. The number of fused-ring (bicyclic) bond motifs is 1. The fourth-order valence-corrected chi connectivity index (χ4v) is 5.62. The van der Waals surface area contributed by atoms with Gasteiger partial charge in [-0.1, -0.05) is 51.1 Å². The molecule has 0 amide bonds. The molecule has 212 valence electrons.